The van der Waals surface area contributed by atoms with Crippen LogP contribution in [0.2, 0.25) is 5.02 Å². The summed E-state index contributed by atoms with van der Waals surface area (Å²) in [7, 11) is 4.22. The molecule has 2 aliphatic carbocycles. The predicted octanol–water partition coefficient (Wildman–Crippen LogP) is 5.37. The van der Waals surface area contributed by atoms with Gasteiger partial charge in [0.1, 0.15) is 0 Å². The quantitative estimate of drug-likeness (QED) is 0.313. The molecule has 0 atom stereocenters. The number of carbonyl (C=O) groups excluding carboxylic acids is 2. The number of thiazole rings is 1. The maximum Gasteiger partial charge on any atom is 0.251 e. The first-order valence-corrected chi connectivity index (χ1v) is 15.0. The van der Waals surface area contributed by atoms with E-state index in [-0.39, 0.29) is 17.9 Å². The highest BCUT2D eigenvalue weighted by Gasteiger charge is 2.31. The van der Waals surface area contributed by atoms with Gasteiger partial charge in [-0.2, -0.15) is 5.10 Å². The second-order valence-corrected chi connectivity index (χ2v) is 12.3. The molecule has 212 valence electrons. The van der Waals surface area contributed by atoms with Crippen LogP contribution in [0.15, 0.2) is 42.7 Å². The van der Waals surface area contributed by atoms with Crippen LogP contribution in [-0.2, 0) is 17.6 Å². The minimum absolute atomic E-state index is 0.116. The molecule has 2 N–H and O–H groups in total. The van der Waals surface area contributed by atoms with E-state index < -0.39 is 0 Å². The molecule has 1 fully saturated rings. The lowest BCUT2D eigenvalue weighted by atomic mass is 9.90. The lowest BCUT2D eigenvalue weighted by Gasteiger charge is -2.33. The summed E-state index contributed by atoms with van der Waals surface area (Å²) in [4.78, 5) is 37.1. The van der Waals surface area contributed by atoms with Gasteiger partial charge in [0.05, 0.1) is 32.7 Å². The Hall–Kier alpha value is -3.60. The summed E-state index contributed by atoms with van der Waals surface area (Å²) in [5.74, 6) is -0.279. The molecule has 3 heterocycles. The number of amides is 2. The van der Waals surface area contributed by atoms with Gasteiger partial charge in [0.15, 0.2) is 5.13 Å². The van der Waals surface area contributed by atoms with Crippen LogP contribution in [0, 0.1) is 0 Å². The van der Waals surface area contributed by atoms with Gasteiger partial charge >= 0.3 is 0 Å². The van der Waals surface area contributed by atoms with Crippen LogP contribution in [0.5, 0.6) is 0 Å². The largest absolute Gasteiger partial charge is 0.349 e. The van der Waals surface area contributed by atoms with Gasteiger partial charge in [-0.25, -0.2) is 9.67 Å². The van der Waals surface area contributed by atoms with Crippen molar-refractivity contribution in [2.45, 2.75) is 57.5 Å². The minimum atomic E-state index is -0.163. The summed E-state index contributed by atoms with van der Waals surface area (Å²) in [6, 6.07) is 10.00. The van der Waals surface area contributed by atoms with E-state index in [4.69, 9.17) is 16.7 Å². The molecule has 3 aromatic heterocycles. The molecule has 11 heteroatoms. The van der Waals surface area contributed by atoms with Crippen molar-refractivity contribution in [1.29, 1.82) is 0 Å². The second kappa shape index (κ2) is 11.3. The van der Waals surface area contributed by atoms with Crippen molar-refractivity contribution >= 4 is 39.9 Å². The van der Waals surface area contributed by atoms with E-state index in [0.717, 1.165) is 71.6 Å². The van der Waals surface area contributed by atoms with E-state index in [9.17, 15) is 9.59 Å². The molecular weight excluding hydrogens is 558 g/mol. The van der Waals surface area contributed by atoms with Crippen molar-refractivity contribution in [3.8, 4) is 27.5 Å². The standard InChI is InChI=1S/C30H32ClN7O2S/c1-17(39)33-30-35-24-12-11-22-26(19-5-4-14-32-16-19)36-38(27(22)28(24)41-30)25-13-6-18(15-23(25)31)29(40)34-20-7-9-21(10-8-20)37(2)3/h4-6,13-16,20-21H,7-12H2,1-3H3,(H,34,40)(H,33,35,39)/t20-,21-. The number of hydrogen-bond donors (Lipinski definition) is 2. The van der Waals surface area contributed by atoms with Gasteiger partial charge < -0.3 is 15.5 Å². The van der Waals surface area contributed by atoms with E-state index in [1.54, 1.807) is 24.5 Å². The van der Waals surface area contributed by atoms with Crippen molar-refractivity contribution in [3.05, 3.63) is 64.6 Å². The number of carbonyl (C=O) groups is 2. The van der Waals surface area contributed by atoms with Gasteiger partial charge in [-0.05, 0) is 83.0 Å². The number of rotatable bonds is 6. The molecular formula is C30H32ClN7O2S. The van der Waals surface area contributed by atoms with Crippen LogP contribution < -0.4 is 10.6 Å². The Balaban J connectivity index is 1.34. The summed E-state index contributed by atoms with van der Waals surface area (Å²) in [5.41, 5.74) is 5.83. The molecule has 0 unspecified atom stereocenters. The number of nitrogens with zero attached hydrogens (tertiary/aromatic N) is 5. The molecule has 6 rings (SSSR count). The van der Waals surface area contributed by atoms with Crippen molar-refractivity contribution in [2.24, 2.45) is 0 Å². The molecule has 2 aliphatic rings. The Morgan fingerprint density at radius 2 is 1.93 bits per heavy atom. The lowest BCUT2D eigenvalue weighted by molar-refractivity contribution is -0.114. The second-order valence-electron chi connectivity index (χ2n) is 10.9. The van der Waals surface area contributed by atoms with Crippen molar-refractivity contribution in [1.82, 2.24) is 30.0 Å². The van der Waals surface area contributed by atoms with Crippen LogP contribution >= 0.6 is 22.9 Å². The average molecular weight is 590 g/mol. The monoisotopic (exact) mass is 589 g/mol. The Morgan fingerprint density at radius 3 is 2.61 bits per heavy atom. The molecule has 0 saturated heterocycles. The SMILES string of the molecule is CC(=O)Nc1nc2c(s1)-c1c(c(-c3cccnc3)nn1-c1ccc(C(=O)N[C@H]3CC[C@H](N(C)C)CC3)cc1Cl)CC2. The minimum Gasteiger partial charge on any atom is -0.349 e. The van der Waals surface area contributed by atoms with E-state index in [1.807, 2.05) is 22.9 Å². The third-order valence-corrected chi connectivity index (χ3v) is 9.25. The molecule has 1 aromatic carbocycles. The maximum atomic E-state index is 13.2. The van der Waals surface area contributed by atoms with Crippen LogP contribution in [0.25, 0.3) is 27.5 Å². The van der Waals surface area contributed by atoms with Crippen LogP contribution in [0.1, 0.15) is 54.2 Å². The smallest absolute Gasteiger partial charge is 0.251 e. The Labute approximate surface area is 248 Å². The normalized spacial score (nSPS) is 18.1. The van der Waals surface area contributed by atoms with Crippen molar-refractivity contribution in [3.63, 3.8) is 0 Å². The first-order valence-electron chi connectivity index (χ1n) is 13.9. The van der Waals surface area contributed by atoms with Gasteiger partial charge in [0.25, 0.3) is 5.91 Å². The summed E-state index contributed by atoms with van der Waals surface area (Å²) in [5, 5.41) is 12.0. The van der Waals surface area contributed by atoms with Gasteiger partial charge in [-0.1, -0.05) is 22.9 Å². The fourth-order valence-corrected chi connectivity index (χ4v) is 7.18. The highest BCUT2D eigenvalue weighted by molar-refractivity contribution is 7.19. The van der Waals surface area contributed by atoms with E-state index in [1.165, 1.54) is 18.3 Å². The van der Waals surface area contributed by atoms with Crippen molar-refractivity contribution < 1.29 is 9.59 Å². The summed E-state index contributed by atoms with van der Waals surface area (Å²) in [6.07, 6.45) is 9.10. The predicted molar refractivity (Wildman–Crippen MR) is 162 cm³/mol. The Bertz CT molecular complexity index is 1610. The van der Waals surface area contributed by atoms with E-state index >= 15 is 0 Å². The molecule has 2 amide bonds. The molecule has 4 aromatic rings. The first-order chi connectivity index (χ1) is 19.8. The highest BCUT2D eigenvalue weighted by Crippen LogP contribution is 2.44. The zero-order valence-corrected chi connectivity index (χ0v) is 24.8. The first kappa shape index (κ1) is 27.6. The van der Waals surface area contributed by atoms with Gasteiger partial charge in [-0.15, -0.1) is 0 Å². The number of aromatic nitrogens is 4. The highest BCUT2D eigenvalue weighted by atomic mass is 35.5. The fourth-order valence-electron chi connectivity index (χ4n) is 5.81. The fraction of sp³-hybridized carbons (Fsp3) is 0.367. The van der Waals surface area contributed by atoms with Crippen molar-refractivity contribution in [2.75, 3.05) is 19.4 Å². The number of benzene rings is 1. The van der Waals surface area contributed by atoms with E-state index in [2.05, 4.69) is 39.6 Å². The number of anilines is 1. The topological polar surface area (TPSA) is 105 Å². The molecule has 0 radical (unpaired) electrons. The van der Waals surface area contributed by atoms with Gasteiger partial charge in [-0.3, -0.25) is 14.6 Å². The number of halogens is 1. The lowest BCUT2D eigenvalue weighted by Crippen LogP contribution is -2.41. The molecule has 0 bridgehead atoms. The van der Waals surface area contributed by atoms with Gasteiger partial charge in [0.2, 0.25) is 5.91 Å². The zero-order chi connectivity index (χ0) is 28.7. The summed E-state index contributed by atoms with van der Waals surface area (Å²) in [6.45, 7) is 1.48. The number of aryl methyl sites for hydroxylation is 1. The van der Waals surface area contributed by atoms with E-state index in [0.29, 0.717) is 27.4 Å². The Kier molecular flexibility index (Phi) is 7.63. The van der Waals surface area contributed by atoms with Crippen LogP contribution in [0.3, 0.4) is 0 Å². The number of hydrogen-bond acceptors (Lipinski definition) is 7. The number of fused-ring (bicyclic) bond motifs is 3. The maximum absolute atomic E-state index is 13.2. The zero-order valence-electron chi connectivity index (χ0n) is 23.3. The number of nitrogens with one attached hydrogen (secondary N) is 2. The summed E-state index contributed by atoms with van der Waals surface area (Å²) < 4.78 is 1.85. The average Bonchev–Trinajstić information content (AvgIpc) is 3.54. The molecule has 1 saturated carbocycles. The third kappa shape index (κ3) is 5.51. The molecule has 9 nitrogen and oxygen atoms in total. The third-order valence-electron chi connectivity index (χ3n) is 7.93. The molecule has 41 heavy (non-hydrogen) atoms. The molecule has 0 spiro atoms. The van der Waals surface area contributed by atoms with Gasteiger partial charge in [0, 0.05) is 48.1 Å². The summed E-state index contributed by atoms with van der Waals surface area (Å²) >= 11 is 8.30. The molecule has 0 aliphatic heterocycles. The van der Waals surface area contributed by atoms with Crippen LogP contribution in [-0.4, -0.2) is 62.6 Å². The Morgan fingerprint density at radius 1 is 1.12 bits per heavy atom. The van der Waals surface area contributed by atoms with Crippen LogP contribution in [0.4, 0.5) is 5.13 Å². The number of pyridine rings is 1.